The second-order valence-corrected chi connectivity index (χ2v) is 13.1. The lowest BCUT2D eigenvalue weighted by atomic mass is 9.95. The maximum atomic E-state index is 16.7. The number of benzene rings is 3. The molecule has 2 aromatic heterocycles. The fraction of sp³-hybridized carbons (Fsp3) is 0.351. The molecule has 3 fully saturated rings. The third kappa shape index (κ3) is 5.61. The molecule has 0 radical (unpaired) electrons. The molecule has 3 aromatic carbocycles. The number of carbonyl (C=O) groups excluding carboxylic acids is 1. The van der Waals surface area contributed by atoms with Crippen LogP contribution in [-0.2, 0) is 4.79 Å². The zero-order valence-corrected chi connectivity index (χ0v) is 26.6. The first kappa shape index (κ1) is 31.4. The molecule has 0 unspecified atom stereocenters. The largest absolute Gasteiger partial charge is 0.461 e. The van der Waals surface area contributed by atoms with Gasteiger partial charge in [0.1, 0.15) is 29.5 Å². The van der Waals surface area contributed by atoms with Gasteiger partial charge in [0.25, 0.3) is 0 Å². The molecule has 3 aliphatic rings. The normalized spacial score (nSPS) is 17.9. The van der Waals surface area contributed by atoms with Crippen molar-refractivity contribution in [2.75, 3.05) is 37.7 Å². The van der Waals surface area contributed by atoms with Crippen LogP contribution in [-0.4, -0.2) is 64.1 Å². The van der Waals surface area contributed by atoms with E-state index in [9.17, 15) is 13.6 Å². The molecule has 5 aromatic rings. The Morgan fingerprint density at radius 3 is 2.27 bits per heavy atom. The SMILES string of the molecule is O=C(Oc1c(F)cccc1F)C1CCN(c2nc(OCC34CCCN3CCC4)nc3c(F)c(-c4cccc5cccc(F)c45)ncc23)CC1. The molecule has 3 aliphatic heterocycles. The van der Waals surface area contributed by atoms with Crippen LogP contribution in [0, 0.1) is 29.2 Å². The Hall–Kier alpha value is -4.84. The standard InChI is InChI=1S/C37H33F4N5O3/c38-26-9-2-7-22-6-1-8-24(29(22)26)31-30(41)32-25(20-42-31)34(44-36(43-32)48-21-37-14-4-16-46(37)17-5-15-37)45-18-12-23(13-19-45)35(47)49-33-27(39)10-3-11-28(33)40/h1-3,6-11,20,23H,4-5,12-19,21H2. The second-order valence-electron chi connectivity index (χ2n) is 13.1. The van der Waals surface area contributed by atoms with E-state index in [2.05, 4.69) is 14.9 Å². The van der Waals surface area contributed by atoms with Gasteiger partial charge in [0.05, 0.1) is 16.8 Å². The van der Waals surface area contributed by atoms with Crippen molar-refractivity contribution >= 4 is 33.5 Å². The lowest BCUT2D eigenvalue weighted by Crippen LogP contribution is -2.43. The number of pyridine rings is 1. The van der Waals surface area contributed by atoms with Crippen molar-refractivity contribution in [1.29, 1.82) is 0 Å². The first-order valence-corrected chi connectivity index (χ1v) is 16.6. The van der Waals surface area contributed by atoms with Gasteiger partial charge in [0.2, 0.25) is 5.75 Å². The second kappa shape index (κ2) is 12.6. The molecule has 0 amide bonds. The van der Waals surface area contributed by atoms with Gasteiger partial charge in [0, 0.05) is 30.2 Å². The van der Waals surface area contributed by atoms with Gasteiger partial charge in [-0.15, -0.1) is 0 Å². The highest BCUT2D eigenvalue weighted by molar-refractivity contribution is 5.99. The summed E-state index contributed by atoms with van der Waals surface area (Å²) in [5.74, 6) is -4.79. The first-order chi connectivity index (χ1) is 23.8. The molecule has 3 saturated heterocycles. The number of hydrogen-bond acceptors (Lipinski definition) is 8. The molecule has 0 bridgehead atoms. The highest BCUT2D eigenvalue weighted by atomic mass is 19.1. The molecule has 0 N–H and O–H groups in total. The van der Waals surface area contributed by atoms with Crippen LogP contribution in [0.15, 0.2) is 60.8 Å². The highest BCUT2D eigenvalue weighted by Gasteiger charge is 2.45. The Morgan fingerprint density at radius 2 is 1.53 bits per heavy atom. The summed E-state index contributed by atoms with van der Waals surface area (Å²) in [7, 11) is 0. The van der Waals surface area contributed by atoms with Crippen molar-refractivity contribution in [3.63, 3.8) is 0 Å². The van der Waals surface area contributed by atoms with E-state index < -0.39 is 40.9 Å². The molecule has 8 nitrogen and oxygen atoms in total. The van der Waals surface area contributed by atoms with Gasteiger partial charge in [-0.25, -0.2) is 17.6 Å². The Morgan fingerprint density at radius 1 is 0.857 bits per heavy atom. The number of rotatable bonds is 7. The van der Waals surface area contributed by atoms with Crippen LogP contribution in [0.2, 0.25) is 0 Å². The number of piperidine rings is 1. The molecule has 8 rings (SSSR count). The number of para-hydroxylation sites is 1. The van der Waals surface area contributed by atoms with Gasteiger partial charge in [0.15, 0.2) is 17.5 Å². The predicted molar refractivity (Wildman–Crippen MR) is 175 cm³/mol. The Balaban J connectivity index is 1.13. The minimum Gasteiger partial charge on any atom is -0.461 e. The van der Waals surface area contributed by atoms with E-state index in [0.717, 1.165) is 50.9 Å². The van der Waals surface area contributed by atoms with E-state index in [4.69, 9.17) is 14.5 Å². The Bertz CT molecular complexity index is 2050. The zero-order chi connectivity index (χ0) is 33.7. The van der Waals surface area contributed by atoms with Crippen molar-refractivity contribution in [3.8, 4) is 23.0 Å². The maximum Gasteiger partial charge on any atom is 0.319 e. The zero-order valence-electron chi connectivity index (χ0n) is 26.6. The molecule has 49 heavy (non-hydrogen) atoms. The van der Waals surface area contributed by atoms with Crippen LogP contribution >= 0.6 is 0 Å². The summed E-state index contributed by atoms with van der Waals surface area (Å²) in [5.41, 5.74) is 0.144. The van der Waals surface area contributed by atoms with Gasteiger partial charge in [-0.05, 0) is 75.2 Å². The molecule has 0 aliphatic carbocycles. The summed E-state index contributed by atoms with van der Waals surface area (Å²) in [6, 6.07) is 13.1. The van der Waals surface area contributed by atoms with Gasteiger partial charge in [-0.3, -0.25) is 14.7 Å². The van der Waals surface area contributed by atoms with Crippen molar-refractivity contribution < 1.29 is 31.8 Å². The smallest absolute Gasteiger partial charge is 0.319 e. The van der Waals surface area contributed by atoms with E-state index in [1.807, 2.05) is 4.90 Å². The summed E-state index contributed by atoms with van der Waals surface area (Å²) in [6.45, 7) is 3.03. The number of aromatic nitrogens is 3. The third-order valence-electron chi connectivity index (χ3n) is 10.3. The Kier molecular flexibility index (Phi) is 8.05. The summed E-state index contributed by atoms with van der Waals surface area (Å²) in [4.78, 5) is 31.0. The summed E-state index contributed by atoms with van der Waals surface area (Å²) in [5, 5.41) is 1.21. The Labute approximate surface area is 279 Å². The average Bonchev–Trinajstić information content (AvgIpc) is 3.70. The van der Waals surface area contributed by atoms with E-state index in [-0.39, 0.29) is 28.1 Å². The van der Waals surface area contributed by atoms with Crippen LogP contribution in [0.1, 0.15) is 38.5 Å². The van der Waals surface area contributed by atoms with E-state index in [0.29, 0.717) is 54.7 Å². The third-order valence-corrected chi connectivity index (χ3v) is 10.3. The first-order valence-electron chi connectivity index (χ1n) is 16.6. The number of anilines is 1. The molecule has 12 heteroatoms. The number of ether oxygens (including phenoxy) is 2. The molecule has 0 atom stereocenters. The number of esters is 1. The van der Waals surface area contributed by atoms with Crippen molar-refractivity contribution in [2.45, 2.75) is 44.1 Å². The van der Waals surface area contributed by atoms with Gasteiger partial charge >= 0.3 is 12.0 Å². The number of fused-ring (bicyclic) bond motifs is 3. The van der Waals surface area contributed by atoms with Crippen molar-refractivity contribution in [2.24, 2.45) is 5.92 Å². The topological polar surface area (TPSA) is 80.7 Å². The lowest BCUT2D eigenvalue weighted by molar-refractivity contribution is -0.140. The van der Waals surface area contributed by atoms with Gasteiger partial charge in [-0.2, -0.15) is 9.97 Å². The number of nitrogens with zero attached hydrogens (tertiary/aromatic N) is 5. The van der Waals surface area contributed by atoms with Gasteiger partial charge < -0.3 is 14.4 Å². The van der Waals surface area contributed by atoms with Crippen LogP contribution in [0.3, 0.4) is 0 Å². The molecule has 0 saturated carbocycles. The van der Waals surface area contributed by atoms with Crippen LogP contribution < -0.4 is 14.4 Å². The lowest BCUT2D eigenvalue weighted by Gasteiger charge is -2.33. The van der Waals surface area contributed by atoms with Crippen LogP contribution in [0.5, 0.6) is 11.8 Å². The molecular formula is C37H33F4N5O3. The average molecular weight is 672 g/mol. The van der Waals surface area contributed by atoms with E-state index in [1.54, 1.807) is 30.3 Å². The van der Waals surface area contributed by atoms with E-state index >= 15 is 8.78 Å². The highest BCUT2D eigenvalue weighted by Crippen LogP contribution is 2.40. The number of halogens is 4. The fourth-order valence-corrected chi connectivity index (χ4v) is 7.76. The number of hydrogen-bond donors (Lipinski definition) is 0. The minimum absolute atomic E-state index is 0.0119. The van der Waals surface area contributed by atoms with Gasteiger partial charge in [-0.1, -0.05) is 36.4 Å². The van der Waals surface area contributed by atoms with Crippen molar-refractivity contribution in [3.05, 3.63) is 84.1 Å². The fourth-order valence-electron chi connectivity index (χ4n) is 7.76. The molecule has 0 spiro atoms. The van der Waals surface area contributed by atoms with Crippen LogP contribution in [0.4, 0.5) is 23.4 Å². The molecular weight excluding hydrogens is 638 g/mol. The quantitative estimate of drug-likeness (QED) is 0.102. The maximum absolute atomic E-state index is 16.7. The molecule has 5 heterocycles. The monoisotopic (exact) mass is 671 g/mol. The predicted octanol–water partition coefficient (Wildman–Crippen LogP) is 7.23. The van der Waals surface area contributed by atoms with E-state index in [1.165, 1.54) is 18.3 Å². The summed E-state index contributed by atoms with van der Waals surface area (Å²) >= 11 is 0. The molecule has 252 valence electrons. The minimum atomic E-state index is -0.955. The summed E-state index contributed by atoms with van der Waals surface area (Å²) in [6.07, 6.45) is 6.27. The number of carbonyl (C=O) groups is 1. The van der Waals surface area contributed by atoms with Crippen LogP contribution in [0.25, 0.3) is 32.9 Å². The summed E-state index contributed by atoms with van der Waals surface area (Å²) < 4.78 is 71.4. The van der Waals surface area contributed by atoms with Crippen molar-refractivity contribution in [1.82, 2.24) is 19.9 Å².